The molecule has 0 amide bonds. The van der Waals surface area contributed by atoms with Gasteiger partial charge in [-0.05, 0) is 35.4 Å². The molecule has 0 atom stereocenters. The first-order chi connectivity index (χ1) is 10.0. The van der Waals surface area contributed by atoms with E-state index in [1.807, 2.05) is 0 Å². The summed E-state index contributed by atoms with van der Waals surface area (Å²) in [7, 11) is -3.27. The third-order valence-corrected chi connectivity index (χ3v) is 4.51. The molecule has 0 saturated carbocycles. The fraction of sp³-hybridized carbons (Fsp3) is 0.143. The first-order valence-electron chi connectivity index (χ1n) is 6.34. The SMILES string of the molecule is NNc1cccc(CS(=O)(=O)Cc2cccc(NN)c2)c1. The zero-order valence-corrected chi connectivity index (χ0v) is 12.2. The van der Waals surface area contributed by atoms with Gasteiger partial charge in [0.15, 0.2) is 9.84 Å². The fourth-order valence-electron chi connectivity index (χ4n) is 2.06. The maximum absolute atomic E-state index is 12.3. The summed E-state index contributed by atoms with van der Waals surface area (Å²) in [4.78, 5) is 0. The van der Waals surface area contributed by atoms with Crippen LogP contribution in [0.25, 0.3) is 0 Å². The first-order valence-corrected chi connectivity index (χ1v) is 8.16. The predicted molar refractivity (Wildman–Crippen MR) is 84.8 cm³/mol. The summed E-state index contributed by atoms with van der Waals surface area (Å²) in [5.74, 6) is 10.6. The van der Waals surface area contributed by atoms with Gasteiger partial charge in [0.2, 0.25) is 0 Å². The van der Waals surface area contributed by atoms with E-state index in [9.17, 15) is 8.42 Å². The third kappa shape index (κ3) is 4.45. The molecule has 0 bridgehead atoms. The molecule has 112 valence electrons. The highest BCUT2D eigenvalue weighted by Crippen LogP contribution is 2.17. The summed E-state index contributed by atoms with van der Waals surface area (Å²) in [6.45, 7) is 0. The minimum atomic E-state index is -3.27. The lowest BCUT2D eigenvalue weighted by Gasteiger charge is -2.08. The number of sulfone groups is 1. The van der Waals surface area contributed by atoms with Crippen molar-refractivity contribution in [2.24, 2.45) is 11.7 Å². The Balaban J connectivity index is 2.14. The molecule has 2 rings (SSSR count). The molecule has 0 radical (unpaired) electrons. The van der Waals surface area contributed by atoms with Crippen LogP contribution >= 0.6 is 0 Å². The average Bonchev–Trinajstić information content (AvgIpc) is 2.46. The van der Waals surface area contributed by atoms with Crippen LogP contribution in [0.2, 0.25) is 0 Å². The molecule has 2 aromatic carbocycles. The number of nitrogens with one attached hydrogen (secondary N) is 2. The van der Waals surface area contributed by atoms with Crippen molar-refractivity contribution in [2.45, 2.75) is 11.5 Å². The lowest BCUT2D eigenvalue weighted by Crippen LogP contribution is -2.11. The Morgan fingerprint density at radius 3 is 1.62 bits per heavy atom. The van der Waals surface area contributed by atoms with Gasteiger partial charge in [0, 0.05) is 11.4 Å². The molecule has 0 heterocycles. The van der Waals surface area contributed by atoms with E-state index in [4.69, 9.17) is 11.7 Å². The summed E-state index contributed by atoms with van der Waals surface area (Å²) >= 11 is 0. The van der Waals surface area contributed by atoms with E-state index in [0.717, 1.165) is 0 Å². The van der Waals surface area contributed by atoms with E-state index < -0.39 is 9.84 Å². The molecule has 0 aromatic heterocycles. The van der Waals surface area contributed by atoms with Gasteiger partial charge in [0.05, 0.1) is 11.5 Å². The van der Waals surface area contributed by atoms with Crippen molar-refractivity contribution < 1.29 is 8.42 Å². The second-order valence-corrected chi connectivity index (χ2v) is 6.79. The molecule has 0 aliphatic heterocycles. The highest BCUT2D eigenvalue weighted by atomic mass is 32.2. The van der Waals surface area contributed by atoms with Gasteiger partial charge in [-0.3, -0.25) is 11.7 Å². The van der Waals surface area contributed by atoms with Gasteiger partial charge >= 0.3 is 0 Å². The second-order valence-electron chi connectivity index (χ2n) is 4.72. The van der Waals surface area contributed by atoms with E-state index in [1.165, 1.54) is 0 Å². The molecule has 0 fully saturated rings. The van der Waals surface area contributed by atoms with Crippen molar-refractivity contribution in [3.8, 4) is 0 Å². The number of benzene rings is 2. The van der Waals surface area contributed by atoms with Gasteiger partial charge in [-0.15, -0.1) is 0 Å². The molecule has 0 unspecified atom stereocenters. The monoisotopic (exact) mass is 306 g/mol. The Hall–Kier alpha value is -2.09. The van der Waals surface area contributed by atoms with E-state index in [2.05, 4.69) is 10.9 Å². The average molecular weight is 306 g/mol. The Morgan fingerprint density at radius 1 is 0.810 bits per heavy atom. The molecule has 0 aliphatic carbocycles. The minimum absolute atomic E-state index is 0.0389. The quantitative estimate of drug-likeness (QED) is 0.474. The van der Waals surface area contributed by atoms with Crippen molar-refractivity contribution in [1.29, 1.82) is 0 Å². The summed E-state index contributed by atoms with van der Waals surface area (Å²) < 4.78 is 24.5. The normalized spacial score (nSPS) is 11.1. The van der Waals surface area contributed by atoms with Gasteiger partial charge in [-0.2, -0.15) is 0 Å². The van der Waals surface area contributed by atoms with Crippen molar-refractivity contribution in [3.05, 3.63) is 59.7 Å². The molecular formula is C14H18N4O2S. The van der Waals surface area contributed by atoms with E-state index in [1.54, 1.807) is 48.5 Å². The van der Waals surface area contributed by atoms with E-state index in [0.29, 0.717) is 22.5 Å². The van der Waals surface area contributed by atoms with Gasteiger partial charge in [0.1, 0.15) is 0 Å². The Bertz CT molecular complexity index is 661. The smallest absolute Gasteiger partial charge is 0.158 e. The highest BCUT2D eigenvalue weighted by Gasteiger charge is 2.13. The standard InChI is InChI=1S/C14H18N4O2S/c15-17-13-5-1-3-11(7-13)9-21(19,20)10-12-4-2-6-14(8-12)18-16/h1-8,17-18H,9-10,15-16H2. The second kappa shape index (κ2) is 6.57. The van der Waals surface area contributed by atoms with Crippen LogP contribution in [0.1, 0.15) is 11.1 Å². The molecule has 6 nitrogen and oxygen atoms in total. The topological polar surface area (TPSA) is 110 Å². The van der Waals surface area contributed by atoms with Crippen LogP contribution in [-0.4, -0.2) is 8.42 Å². The van der Waals surface area contributed by atoms with E-state index in [-0.39, 0.29) is 11.5 Å². The summed E-state index contributed by atoms with van der Waals surface area (Å²) in [6.07, 6.45) is 0. The molecule has 0 saturated heterocycles. The number of hydrogen-bond donors (Lipinski definition) is 4. The molecule has 6 N–H and O–H groups in total. The Morgan fingerprint density at radius 2 is 1.24 bits per heavy atom. The van der Waals surface area contributed by atoms with Crippen LogP contribution in [0.3, 0.4) is 0 Å². The molecule has 7 heteroatoms. The van der Waals surface area contributed by atoms with Crippen LogP contribution in [0, 0.1) is 0 Å². The number of hydrazine groups is 2. The zero-order chi connectivity index (χ0) is 15.3. The lowest BCUT2D eigenvalue weighted by atomic mass is 10.2. The third-order valence-electron chi connectivity index (χ3n) is 2.96. The summed E-state index contributed by atoms with van der Waals surface area (Å²) in [6, 6.07) is 14.0. The maximum Gasteiger partial charge on any atom is 0.158 e. The number of nitrogens with two attached hydrogens (primary N) is 2. The largest absolute Gasteiger partial charge is 0.324 e. The molecule has 2 aromatic rings. The first kappa shape index (κ1) is 15.3. The Kier molecular flexibility index (Phi) is 4.79. The van der Waals surface area contributed by atoms with Gasteiger partial charge in [-0.25, -0.2) is 8.42 Å². The number of anilines is 2. The van der Waals surface area contributed by atoms with Gasteiger partial charge in [0.25, 0.3) is 0 Å². The lowest BCUT2D eigenvalue weighted by molar-refractivity contribution is 0.594. The molecule has 21 heavy (non-hydrogen) atoms. The van der Waals surface area contributed by atoms with Crippen molar-refractivity contribution >= 4 is 21.2 Å². The van der Waals surface area contributed by atoms with Crippen LogP contribution in [-0.2, 0) is 21.3 Å². The van der Waals surface area contributed by atoms with Crippen LogP contribution in [0.5, 0.6) is 0 Å². The van der Waals surface area contributed by atoms with Gasteiger partial charge in [-0.1, -0.05) is 24.3 Å². The van der Waals surface area contributed by atoms with Crippen LogP contribution in [0.4, 0.5) is 11.4 Å². The van der Waals surface area contributed by atoms with Gasteiger partial charge < -0.3 is 10.9 Å². The van der Waals surface area contributed by atoms with Crippen molar-refractivity contribution in [2.75, 3.05) is 10.9 Å². The summed E-state index contributed by atoms with van der Waals surface area (Å²) in [5, 5.41) is 0. The molecular weight excluding hydrogens is 288 g/mol. The maximum atomic E-state index is 12.3. The Labute approximate surface area is 124 Å². The van der Waals surface area contributed by atoms with Crippen LogP contribution in [0.15, 0.2) is 48.5 Å². The number of hydrogen-bond acceptors (Lipinski definition) is 6. The molecule has 0 aliphatic rings. The number of rotatable bonds is 6. The van der Waals surface area contributed by atoms with Crippen molar-refractivity contribution in [3.63, 3.8) is 0 Å². The number of nitrogen functional groups attached to an aromatic ring is 2. The minimum Gasteiger partial charge on any atom is -0.324 e. The predicted octanol–water partition coefficient (Wildman–Crippen LogP) is 1.37. The van der Waals surface area contributed by atoms with E-state index >= 15 is 0 Å². The van der Waals surface area contributed by atoms with Crippen molar-refractivity contribution in [1.82, 2.24) is 0 Å². The highest BCUT2D eigenvalue weighted by molar-refractivity contribution is 7.89. The molecule has 0 spiro atoms. The zero-order valence-electron chi connectivity index (χ0n) is 11.4. The van der Waals surface area contributed by atoms with Crippen LogP contribution < -0.4 is 22.5 Å². The summed E-state index contributed by atoms with van der Waals surface area (Å²) in [5.41, 5.74) is 7.74. The fourth-order valence-corrected chi connectivity index (χ4v) is 3.54.